The third kappa shape index (κ3) is 2.64. The highest BCUT2D eigenvalue weighted by Gasteiger charge is 2.37. The van der Waals surface area contributed by atoms with Crippen molar-refractivity contribution in [2.75, 3.05) is 19.6 Å². The summed E-state index contributed by atoms with van der Waals surface area (Å²) in [6.07, 6.45) is 2.46. The zero-order valence-corrected chi connectivity index (χ0v) is 14.7. The van der Waals surface area contributed by atoms with E-state index in [0.717, 1.165) is 25.2 Å². The molecule has 0 aliphatic carbocycles. The zero-order valence-electron chi connectivity index (χ0n) is 14.7. The van der Waals surface area contributed by atoms with Gasteiger partial charge in [-0.15, -0.1) is 0 Å². The molecule has 0 spiro atoms. The quantitative estimate of drug-likeness (QED) is 0.709. The highest BCUT2D eigenvalue weighted by atomic mass is 16.2. The van der Waals surface area contributed by atoms with Gasteiger partial charge in [0.2, 0.25) is 0 Å². The molecule has 0 aromatic carbocycles. The molecule has 3 aromatic rings. The number of piperidine rings is 1. The van der Waals surface area contributed by atoms with E-state index in [2.05, 4.69) is 20.7 Å². The van der Waals surface area contributed by atoms with E-state index in [1.165, 1.54) is 10.8 Å². The lowest BCUT2D eigenvalue weighted by atomic mass is 9.79. The van der Waals surface area contributed by atoms with E-state index in [1.54, 1.807) is 24.3 Å². The van der Waals surface area contributed by atoms with Crippen LogP contribution in [-0.4, -0.2) is 44.7 Å². The summed E-state index contributed by atoms with van der Waals surface area (Å²) in [5, 5.41) is 10.6. The first kappa shape index (κ1) is 16.2. The summed E-state index contributed by atoms with van der Waals surface area (Å²) >= 11 is 0. The monoisotopic (exact) mass is 364 g/mol. The Labute approximate surface area is 155 Å². The summed E-state index contributed by atoms with van der Waals surface area (Å²) in [4.78, 5) is 29.4. The Morgan fingerprint density at radius 2 is 2.11 bits per heavy atom. The first-order valence-electron chi connectivity index (χ1n) is 9.21. The molecular formula is C19H20N6O2. The van der Waals surface area contributed by atoms with Gasteiger partial charge in [-0.1, -0.05) is 12.1 Å². The second-order valence-electron chi connectivity index (χ2n) is 7.23. The van der Waals surface area contributed by atoms with Crippen LogP contribution in [0.3, 0.4) is 0 Å². The van der Waals surface area contributed by atoms with E-state index < -0.39 is 0 Å². The molecule has 0 unspecified atom stereocenters. The van der Waals surface area contributed by atoms with Crippen LogP contribution in [0.25, 0.3) is 5.65 Å². The van der Waals surface area contributed by atoms with Crippen LogP contribution in [0.4, 0.5) is 0 Å². The smallest absolute Gasteiger partial charge is 0.270 e. The number of nitrogens with zero attached hydrogens (tertiary/aromatic N) is 4. The summed E-state index contributed by atoms with van der Waals surface area (Å²) in [5.41, 5.74) is 2.12. The van der Waals surface area contributed by atoms with Crippen molar-refractivity contribution in [1.29, 1.82) is 0 Å². The third-order valence-electron chi connectivity index (χ3n) is 5.71. The predicted molar refractivity (Wildman–Crippen MR) is 98.8 cm³/mol. The van der Waals surface area contributed by atoms with Gasteiger partial charge in [0, 0.05) is 37.3 Å². The first-order chi connectivity index (χ1) is 13.2. The number of aromatic nitrogens is 4. The Hall–Kier alpha value is -3.00. The van der Waals surface area contributed by atoms with Crippen LogP contribution in [0.1, 0.15) is 34.6 Å². The lowest BCUT2D eigenvalue weighted by Gasteiger charge is -2.43. The molecule has 8 nitrogen and oxygen atoms in total. The van der Waals surface area contributed by atoms with E-state index in [1.807, 2.05) is 16.7 Å². The van der Waals surface area contributed by atoms with Gasteiger partial charge in [0.05, 0.1) is 6.04 Å². The Kier molecular flexibility index (Phi) is 3.78. The van der Waals surface area contributed by atoms with Gasteiger partial charge in [-0.05, 0) is 30.5 Å². The van der Waals surface area contributed by atoms with E-state index in [0.29, 0.717) is 29.7 Å². The lowest BCUT2D eigenvalue weighted by Crippen LogP contribution is -2.50. The number of carbonyl (C=O) groups excluding carboxylic acids is 1. The van der Waals surface area contributed by atoms with Crippen LogP contribution in [0.15, 0.2) is 47.5 Å². The molecule has 2 N–H and O–H groups in total. The number of carbonyl (C=O) groups is 1. The molecule has 3 aromatic heterocycles. The Bertz CT molecular complexity index is 1070. The number of rotatable bonds is 3. The van der Waals surface area contributed by atoms with Crippen LogP contribution in [0.2, 0.25) is 0 Å². The van der Waals surface area contributed by atoms with Crippen LogP contribution < -0.4 is 16.2 Å². The second kappa shape index (κ2) is 6.31. The van der Waals surface area contributed by atoms with Crippen molar-refractivity contribution in [2.45, 2.75) is 18.4 Å². The molecule has 138 valence electrons. The molecule has 5 rings (SSSR count). The van der Waals surface area contributed by atoms with Gasteiger partial charge in [0.25, 0.3) is 11.5 Å². The Morgan fingerprint density at radius 3 is 3.04 bits per heavy atom. The van der Waals surface area contributed by atoms with Gasteiger partial charge in [-0.25, -0.2) is 9.50 Å². The van der Waals surface area contributed by atoms with Crippen LogP contribution in [0.5, 0.6) is 0 Å². The van der Waals surface area contributed by atoms with Gasteiger partial charge in [0.15, 0.2) is 5.65 Å². The summed E-state index contributed by atoms with van der Waals surface area (Å²) in [6.45, 7) is 2.16. The number of hydrogen-bond donors (Lipinski definition) is 2. The van der Waals surface area contributed by atoms with Gasteiger partial charge in [0.1, 0.15) is 12.0 Å². The average molecular weight is 364 g/mol. The van der Waals surface area contributed by atoms with Gasteiger partial charge in [-0.3, -0.25) is 9.59 Å². The van der Waals surface area contributed by atoms with Crippen molar-refractivity contribution in [3.63, 3.8) is 0 Å². The van der Waals surface area contributed by atoms with Crippen LogP contribution >= 0.6 is 0 Å². The second-order valence-corrected chi connectivity index (χ2v) is 7.23. The fraction of sp³-hybridized carbons (Fsp3) is 0.368. The van der Waals surface area contributed by atoms with Crippen molar-refractivity contribution in [3.05, 3.63) is 64.5 Å². The van der Waals surface area contributed by atoms with Crippen molar-refractivity contribution in [1.82, 2.24) is 29.8 Å². The lowest BCUT2D eigenvalue weighted by molar-refractivity contribution is 0.0924. The SMILES string of the molecule is O=C(NC[C@H]1[C@@H]2CNC[C@@H](C2)c2cccc(=O)n21)c1cccc2ncnn12. The average Bonchev–Trinajstić information content (AvgIpc) is 3.17. The Morgan fingerprint density at radius 1 is 1.22 bits per heavy atom. The summed E-state index contributed by atoms with van der Waals surface area (Å²) in [6, 6.07) is 10.7. The largest absolute Gasteiger partial charge is 0.349 e. The summed E-state index contributed by atoms with van der Waals surface area (Å²) in [7, 11) is 0. The minimum atomic E-state index is -0.220. The molecule has 27 heavy (non-hydrogen) atoms. The van der Waals surface area contributed by atoms with Gasteiger partial charge in [-0.2, -0.15) is 5.10 Å². The highest BCUT2D eigenvalue weighted by molar-refractivity contribution is 5.93. The minimum Gasteiger partial charge on any atom is -0.349 e. The molecule has 1 amide bonds. The summed E-state index contributed by atoms with van der Waals surface area (Å²) < 4.78 is 3.41. The minimum absolute atomic E-state index is 0.00160. The van der Waals surface area contributed by atoms with Gasteiger partial charge >= 0.3 is 0 Å². The molecule has 3 atom stereocenters. The zero-order chi connectivity index (χ0) is 18.4. The molecule has 1 saturated heterocycles. The standard InChI is InChI=1S/C19H20N6O2/c26-18-6-2-3-14-12-7-13(9-20-8-12)16(24(14)18)10-21-19(27)15-4-1-5-17-22-11-23-25(15)17/h1-6,11-13,16,20H,7-10H2,(H,21,27)/t12-,13+,16+/m1/s1. The molecule has 1 fully saturated rings. The molecule has 0 saturated carbocycles. The molecule has 8 heteroatoms. The third-order valence-corrected chi connectivity index (χ3v) is 5.71. The first-order valence-corrected chi connectivity index (χ1v) is 9.21. The number of nitrogens with one attached hydrogen (secondary N) is 2. The van der Waals surface area contributed by atoms with Crippen molar-refractivity contribution < 1.29 is 4.79 Å². The van der Waals surface area contributed by atoms with E-state index >= 15 is 0 Å². The molecule has 0 radical (unpaired) electrons. The van der Waals surface area contributed by atoms with Crippen LogP contribution in [0, 0.1) is 5.92 Å². The highest BCUT2D eigenvalue weighted by Crippen LogP contribution is 2.38. The number of hydrogen-bond acceptors (Lipinski definition) is 5. The van der Waals surface area contributed by atoms with E-state index in [4.69, 9.17) is 0 Å². The number of amides is 1. The maximum atomic E-state index is 12.8. The molecular weight excluding hydrogens is 344 g/mol. The van der Waals surface area contributed by atoms with E-state index in [9.17, 15) is 9.59 Å². The Balaban J connectivity index is 1.44. The fourth-order valence-corrected chi connectivity index (χ4v) is 4.47. The molecule has 2 aliphatic heterocycles. The number of pyridine rings is 2. The molecule has 2 bridgehead atoms. The van der Waals surface area contributed by atoms with Crippen molar-refractivity contribution in [3.8, 4) is 0 Å². The summed E-state index contributed by atoms with van der Waals surface area (Å²) in [5.74, 6) is 0.454. The normalized spacial score (nSPS) is 23.8. The van der Waals surface area contributed by atoms with Crippen molar-refractivity contribution in [2.24, 2.45) is 5.92 Å². The van der Waals surface area contributed by atoms with Crippen LogP contribution in [-0.2, 0) is 0 Å². The molecule has 5 heterocycles. The maximum Gasteiger partial charge on any atom is 0.270 e. The topological polar surface area (TPSA) is 93.3 Å². The van der Waals surface area contributed by atoms with E-state index in [-0.39, 0.29) is 17.5 Å². The maximum absolute atomic E-state index is 12.8. The van der Waals surface area contributed by atoms with Gasteiger partial charge < -0.3 is 15.2 Å². The van der Waals surface area contributed by atoms with Crippen molar-refractivity contribution >= 4 is 11.6 Å². The fourth-order valence-electron chi connectivity index (χ4n) is 4.47. The predicted octanol–water partition coefficient (Wildman–Crippen LogP) is 0.569. The number of fused-ring (bicyclic) bond motifs is 5. The molecule has 2 aliphatic rings.